The van der Waals surface area contributed by atoms with Crippen LogP contribution >= 0.6 is 0 Å². The van der Waals surface area contributed by atoms with E-state index in [-0.39, 0.29) is 46.3 Å². The maximum absolute atomic E-state index is 13.3. The van der Waals surface area contributed by atoms with E-state index in [1.807, 2.05) is 19.1 Å². The highest BCUT2D eigenvalue weighted by molar-refractivity contribution is 8.13. The molecule has 1 aromatic rings. The fourth-order valence-electron chi connectivity index (χ4n) is 5.55. The number of quaternary nitrogens is 1. The van der Waals surface area contributed by atoms with Gasteiger partial charge in [0.15, 0.2) is 0 Å². The maximum atomic E-state index is 13.3. The molecule has 1 rings (SSSR count). The molecule has 0 heterocycles. The Labute approximate surface area is 190 Å². The molecule has 1 aromatic carbocycles. The van der Waals surface area contributed by atoms with E-state index in [2.05, 4.69) is 62.3 Å². The molecule has 0 amide bonds. The number of hydrogen-bond acceptors (Lipinski definition) is 1. The Morgan fingerprint density at radius 3 is 1.57 bits per heavy atom. The van der Waals surface area contributed by atoms with Gasteiger partial charge in [-0.3, -0.25) is 4.55 Å². The van der Waals surface area contributed by atoms with Gasteiger partial charge in [-0.05, 0) is 81.4 Å². The van der Waals surface area contributed by atoms with Gasteiger partial charge in [-0.25, -0.2) is 5.14 Å². The molecule has 0 aliphatic heterocycles. The van der Waals surface area contributed by atoms with E-state index in [0.29, 0.717) is 11.3 Å². The monoisotopic (exact) mass is 526 g/mol. The molecule has 0 unspecified atom stereocenters. The summed E-state index contributed by atoms with van der Waals surface area (Å²) in [6.07, 6.45) is 0.581. The van der Waals surface area contributed by atoms with Crippen molar-refractivity contribution >= 4 is 9.53 Å². The summed E-state index contributed by atoms with van der Waals surface area (Å²) in [6, 6.07) is 7.05. The van der Waals surface area contributed by atoms with Gasteiger partial charge < -0.3 is 28.5 Å². The summed E-state index contributed by atoms with van der Waals surface area (Å²) >= 11 is 0. The van der Waals surface area contributed by atoms with Crippen molar-refractivity contribution in [2.24, 2.45) is 5.14 Å². The third-order valence-corrected chi connectivity index (χ3v) is 8.35. The molecule has 0 saturated carbocycles. The van der Waals surface area contributed by atoms with Crippen LogP contribution in [0, 0.1) is 6.92 Å². The Hall–Kier alpha value is -0.0200. The van der Waals surface area contributed by atoms with Crippen LogP contribution in [0.25, 0.3) is 0 Å². The Morgan fingerprint density at radius 1 is 0.893 bits per heavy atom. The summed E-state index contributed by atoms with van der Waals surface area (Å²) in [4.78, 5) is 0.331. The smallest absolute Gasteiger partial charge is 0.0915 e. The van der Waals surface area contributed by atoms with E-state index in [9.17, 15) is 8.76 Å². The topological polar surface area (TPSA) is 63.3 Å². The van der Waals surface area contributed by atoms with E-state index in [4.69, 9.17) is 5.14 Å². The van der Waals surface area contributed by atoms with Crippen molar-refractivity contribution < 1.29 is 37.2 Å². The highest BCUT2D eigenvalue weighted by Gasteiger charge is 2.56. The molecule has 3 N–H and O–H groups in total. The minimum atomic E-state index is -4.34. The molecule has 0 spiro atoms. The fourth-order valence-corrected chi connectivity index (χ4v) is 7.19. The highest BCUT2D eigenvalue weighted by Crippen LogP contribution is 2.44. The summed E-state index contributed by atoms with van der Waals surface area (Å²) in [6.45, 7) is 23.1. The van der Waals surface area contributed by atoms with Crippen LogP contribution in [0.4, 0.5) is 0 Å². The van der Waals surface area contributed by atoms with Crippen molar-refractivity contribution in [2.75, 3.05) is 12.3 Å². The largest absolute Gasteiger partial charge is 1.00 e. The van der Waals surface area contributed by atoms with Gasteiger partial charge in [0.25, 0.3) is 0 Å². The zero-order chi connectivity index (χ0) is 21.6. The first kappa shape index (κ1) is 28.0. The van der Waals surface area contributed by atoms with Crippen LogP contribution in [0.5, 0.6) is 0 Å². The molecule has 0 bridgehead atoms. The average Bonchev–Trinajstić information content (AvgIpc) is 2.39. The van der Waals surface area contributed by atoms with E-state index in [1.54, 1.807) is 12.1 Å². The number of halogens is 1. The Morgan fingerprint density at radius 2 is 1.25 bits per heavy atom. The number of rotatable bonds is 5. The van der Waals surface area contributed by atoms with Gasteiger partial charge >= 0.3 is 0 Å². The average molecular weight is 527 g/mol. The first-order valence-electron chi connectivity index (χ1n) is 9.89. The Kier molecular flexibility index (Phi) is 8.24. The molecule has 0 fully saturated rings. The quantitative estimate of drug-likeness (QED) is 0.456. The standard InChI is InChI=1S/C22H42N2O2S.HI/c1-18-12-14-19(15-13-18)27(23,25,26)17-11-16-24(20(2,3)4,21(5,6)7)22(8,9)10;/h12-15H,11,16-17H2,1-10H3,(H2-,23,25,26);1H. The predicted octanol–water partition coefficient (Wildman–Crippen LogP) is 2.13. The first-order chi connectivity index (χ1) is 11.7. The molecule has 0 aliphatic carbocycles. The third kappa shape index (κ3) is 5.56. The zero-order valence-electron chi connectivity index (χ0n) is 19.6. The van der Waals surface area contributed by atoms with Crippen LogP contribution in [-0.4, -0.2) is 42.2 Å². The molecular formula is C22H43IN2O2S. The van der Waals surface area contributed by atoms with Crippen LogP contribution in [0.1, 0.15) is 74.3 Å². The zero-order valence-corrected chi connectivity index (χ0v) is 22.6. The number of aryl methyl sites for hydroxylation is 1. The van der Waals surface area contributed by atoms with Gasteiger partial charge in [-0.15, -0.1) is 9.53 Å². The minimum Gasteiger partial charge on any atom is -1.00 e. The summed E-state index contributed by atoms with van der Waals surface area (Å²) in [7, 11) is -4.34. The van der Waals surface area contributed by atoms with Crippen molar-refractivity contribution in [3.05, 3.63) is 29.8 Å². The third-order valence-electron chi connectivity index (χ3n) is 5.99. The first-order valence-corrected chi connectivity index (χ1v) is 12.0. The van der Waals surface area contributed by atoms with E-state index in [1.165, 1.54) is 0 Å². The fraction of sp³-hybridized carbons (Fsp3) is 0.727. The van der Waals surface area contributed by atoms with Crippen LogP contribution in [-0.2, 0) is 9.53 Å². The normalized spacial score (nSPS) is 15.5. The lowest BCUT2D eigenvalue weighted by Crippen LogP contribution is -3.00. The Balaban J connectivity index is 0.00000729. The molecule has 0 aromatic heterocycles. The SMILES string of the molecule is Cc1ccc(S(N)(=O)(O)CCC[N+](C(C)(C)C)(C(C)(C)C)C(C)(C)C)cc1.[I-]. The molecule has 0 saturated heterocycles. The van der Waals surface area contributed by atoms with E-state index in [0.717, 1.165) is 16.6 Å². The summed E-state index contributed by atoms with van der Waals surface area (Å²) in [5, 5.41) is 6.09. The minimum absolute atomic E-state index is 0. The van der Waals surface area contributed by atoms with Crippen LogP contribution in [0.15, 0.2) is 29.2 Å². The molecule has 166 valence electrons. The van der Waals surface area contributed by atoms with Crippen molar-refractivity contribution in [1.82, 2.24) is 0 Å². The van der Waals surface area contributed by atoms with Gasteiger partial charge in [-0.1, -0.05) is 17.7 Å². The molecule has 0 aliphatic rings. The van der Waals surface area contributed by atoms with Gasteiger partial charge in [0.1, 0.15) is 0 Å². The van der Waals surface area contributed by atoms with E-state index >= 15 is 0 Å². The lowest BCUT2D eigenvalue weighted by molar-refractivity contribution is -1.05. The Bertz CT molecular complexity index is 681. The van der Waals surface area contributed by atoms with Gasteiger partial charge in [-0.2, -0.15) is 4.21 Å². The number of nitrogens with two attached hydrogens (primary N) is 1. The maximum Gasteiger partial charge on any atom is 0.0915 e. The van der Waals surface area contributed by atoms with Crippen molar-refractivity contribution in [3.63, 3.8) is 0 Å². The van der Waals surface area contributed by atoms with Crippen molar-refractivity contribution in [2.45, 2.75) is 97.2 Å². The van der Waals surface area contributed by atoms with Crippen molar-refractivity contribution in [3.8, 4) is 0 Å². The summed E-state index contributed by atoms with van der Waals surface area (Å²) in [5.74, 6) is 0.0719. The van der Waals surface area contributed by atoms with Gasteiger partial charge in [0.2, 0.25) is 0 Å². The number of benzene rings is 1. The second-order valence-electron chi connectivity index (χ2n) is 11.0. The van der Waals surface area contributed by atoms with Crippen LogP contribution in [0.2, 0.25) is 0 Å². The second-order valence-corrected chi connectivity index (χ2v) is 14.2. The number of nitrogens with zero attached hydrogens (tertiary/aromatic N) is 1. The second kappa shape index (κ2) is 8.25. The highest BCUT2D eigenvalue weighted by atomic mass is 127. The number of hydrogen-bond donors (Lipinski definition) is 2. The van der Waals surface area contributed by atoms with Gasteiger partial charge in [0, 0.05) is 6.42 Å². The van der Waals surface area contributed by atoms with Gasteiger partial charge in [0.05, 0.1) is 33.8 Å². The predicted molar refractivity (Wildman–Crippen MR) is 118 cm³/mol. The molecule has 4 nitrogen and oxygen atoms in total. The molecular weight excluding hydrogens is 483 g/mol. The van der Waals surface area contributed by atoms with Crippen molar-refractivity contribution in [1.29, 1.82) is 0 Å². The van der Waals surface area contributed by atoms with Crippen LogP contribution in [0.3, 0.4) is 0 Å². The lowest BCUT2D eigenvalue weighted by atomic mass is 9.81. The molecule has 0 atom stereocenters. The molecule has 0 radical (unpaired) electrons. The van der Waals surface area contributed by atoms with E-state index < -0.39 is 9.53 Å². The lowest BCUT2D eigenvalue weighted by Gasteiger charge is -2.64. The summed E-state index contributed by atoms with van der Waals surface area (Å²) in [5.41, 5.74) is 0.967. The molecule has 6 heteroatoms. The summed E-state index contributed by atoms with van der Waals surface area (Å²) < 4.78 is 25.0. The molecule has 28 heavy (non-hydrogen) atoms. The van der Waals surface area contributed by atoms with Crippen LogP contribution < -0.4 is 29.1 Å².